The van der Waals surface area contributed by atoms with E-state index in [1.807, 2.05) is 0 Å². The minimum atomic E-state index is -3.45. The molecule has 0 heterocycles. The first-order valence-corrected chi connectivity index (χ1v) is 8.29. The molecular weight excluding hydrogens is 254 g/mol. The zero-order valence-corrected chi connectivity index (χ0v) is 11.8. The number of primary sulfonamides is 1. The molecule has 3 unspecified atom stereocenters. The smallest absolute Gasteiger partial charge is 0.211 e. The van der Waals surface area contributed by atoms with Crippen molar-refractivity contribution in [2.24, 2.45) is 5.14 Å². The van der Waals surface area contributed by atoms with Crippen LogP contribution >= 0.6 is 0 Å². The Kier molecular flexibility index (Phi) is 5.58. The van der Waals surface area contributed by atoms with Crippen LogP contribution in [0.3, 0.4) is 0 Å². The molecule has 0 radical (unpaired) electrons. The molecule has 1 aliphatic rings. The van der Waals surface area contributed by atoms with Gasteiger partial charge in [-0.15, -0.1) is 0 Å². The van der Waals surface area contributed by atoms with Gasteiger partial charge in [-0.25, -0.2) is 13.6 Å². The quantitative estimate of drug-likeness (QED) is 0.628. The van der Waals surface area contributed by atoms with E-state index in [4.69, 9.17) is 5.14 Å². The third kappa shape index (κ3) is 4.50. The summed E-state index contributed by atoms with van der Waals surface area (Å²) in [5.41, 5.74) is -0.969. The van der Waals surface area contributed by atoms with Crippen LogP contribution in [0.5, 0.6) is 0 Å². The lowest BCUT2D eigenvalue weighted by atomic mass is 9.79. The number of aliphatic hydroxyl groups is 2. The minimum absolute atomic E-state index is 0.505. The van der Waals surface area contributed by atoms with Crippen molar-refractivity contribution in [3.63, 3.8) is 0 Å². The van der Waals surface area contributed by atoms with Crippen LogP contribution in [0.15, 0.2) is 0 Å². The van der Waals surface area contributed by atoms with E-state index >= 15 is 0 Å². The van der Waals surface area contributed by atoms with E-state index in [-0.39, 0.29) is 0 Å². The van der Waals surface area contributed by atoms with E-state index in [0.717, 1.165) is 12.8 Å². The molecule has 0 aromatic heterocycles. The highest BCUT2D eigenvalue weighted by Gasteiger charge is 2.36. The summed E-state index contributed by atoms with van der Waals surface area (Å²) in [7, 11) is -3.45. The van der Waals surface area contributed by atoms with Gasteiger partial charge in [-0.3, -0.25) is 0 Å². The fourth-order valence-corrected chi connectivity index (χ4v) is 3.02. The maximum atomic E-state index is 11.0. The number of sulfonamides is 1. The van der Waals surface area contributed by atoms with Crippen LogP contribution in [0.4, 0.5) is 0 Å². The number of unbranched alkanes of at least 4 members (excludes halogenated alkanes) is 1. The maximum Gasteiger partial charge on any atom is 0.211 e. The Bertz CT molecular complexity index is 357. The van der Waals surface area contributed by atoms with Gasteiger partial charge < -0.3 is 10.2 Å². The van der Waals surface area contributed by atoms with E-state index < -0.39 is 27.0 Å². The van der Waals surface area contributed by atoms with Crippen molar-refractivity contribution in [2.45, 2.75) is 75.2 Å². The standard InChI is InChI=1S/C12H25NO4S/c1-10(18(13,16)17)6-2-4-8-12(15)9-5-3-7-11(12)14/h10-11,14-15H,2-9H2,1H3,(H2,13,16,17). The molecule has 6 heteroatoms. The number of hydrogen-bond donors (Lipinski definition) is 3. The summed E-state index contributed by atoms with van der Waals surface area (Å²) in [6, 6.07) is 0. The van der Waals surface area contributed by atoms with E-state index in [1.165, 1.54) is 0 Å². The molecule has 0 aromatic carbocycles. The van der Waals surface area contributed by atoms with Crippen LogP contribution in [0, 0.1) is 0 Å². The summed E-state index contributed by atoms with van der Waals surface area (Å²) >= 11 is 0. The molecule has 1 rings (SSSR count). The SMILES string of the molecule is CC(CCCCC1(O)CCCCC1O)S(N)(=O)=O. The van der Waals surface area contributed by atoms with Crippen LogP contribution in [0.1, 0.15) is 58.3 Å². The Labute approximate surface area is 109 Å². The van der Waals surface area contributed by atoms with Gasteiger partial charge in [0.15, 0.2) is 0 Å². The van der Waals surface area contributed by atoms with Crippen LogP contribution < -0.4 is 5.14 Å². The van der Waals surface area contributed by atoms with Gasteiger partial charge in [0.05, 0.1) is 17.0 Å². The number of rotatable bonds is 6. The summed E-state index contributed by atoms with van der Waals surface area (Å²) in [5, 5.41) is 24.6. The van der Waals surface area contributed by atoms with Crippen molar-refractivity contribution >= 4 is 10.0 Å². The second-order valence-corrected chi connectivity index (χ2v) is 7.49. The average molecular weight is 279 g/mol. The molecule has 0 spiro atoms. The highest BCUT2D eigenvalue weighted by molar-refractivity contribution is 7.89. The zero-order valence-electron chi connectivity index (χ0n) is 11.0. The van der Waals surface area contributed by atoms with Crippen molar-refractivity contribution in [1.82, 2.24) is 0 Å². The van der Waals surface area contributed by atoms with Gasteiger partial charge in [0.2, 0.25) is 10.0 Å². The Morgan fingerprint density at radius 1 is 1.39 bits per heavy atom. The van der Waals surface area contributed by atoms with Gasteiger partial charge >= 0.3 is 0 Å². The lowest BCUT2D eigenvalue weighted by molar-refractivity contribution is -0.105. The first-order valence-electron chi connectivity index (χ1n) is 6.68. The first kappa shape index (κ1) is 15.9. The van der Waals surface area contributed by atoms with Crippen LogP contribution in [0.2, 0.25) is 0 Å². The summed E-state index contributed by atoms with van der Waals surface area (Å²) in [6.45, 7) is 1.60. The van der Waals surface area contributed by atoms with Gasteiger partial charge in [-0.2, -0.15) is 0 Å². The molecule has 5 nitrogen and oxygen atoms in total. The first-order chi connectivity index (χ1) is 8.26. The van der Waals surface area contributed by atoms with Crippen molar-refractivity contribution in [2.75, 3.05) is 0 Å². The van der Waals surface area contributed by atoms with Crippen molar-refractivity contribution < 1.29 is 18.6 Å². The molecule has 0 bridgehead atoms. The molecule has 3 atom stereocenters. The fraction of sp³-hybridized carbons (Fsp3) is 1.00. The summed E-state index contributed by atoms with van der Waals surface area (Å²) < 4.78 is 22.1. The van der Waals surface area contributed by atoms with Gasteiger partial charge in [0, 0.05) is 0 Å². The second-order valence-electron chi connectivity index (χ2n) is 5.51. The molecule has 4 N–H and O–H groups in total. The molecule has 0 saturated heterocycles. The third-order valence-corrected chi connectivity index (χ3v) is 5.35. The van der Waals surface area contributed by atoms with Crippen molar-refractivity contribution in [3.8, 4) is 0 Å². The number of nitrogens with two attached hydrogens (primary N) is 1. The lowest BCUT2D eigenvalue weighted by Crippen LogP contribution is -2.44. The normalized spacial score (nSPS) is 31.2. The van der Waals surface area contributed by atoms with E-state index in [1.54, 1.807) is 6.92 Å². The van der Waals surface area contributed by atoms with Crippen molar-refractivity contribution in [3.05, 3.63) is 0 Å². The maximum absolute atomic E-state index is 11.0. The number of hydrogen-bond acceptors (Lipinski definition) is 4. The summed E-state index contributed by atoms with van der Waals surface area (Å²) in [5.74, 6) is 0. The Morgan fingerprint density at radius 3 is 2.61 bits per heavy atom. The monoisotopic (exact) mass is 279 g/mol. The van der Waals surface area contributed by atoms with Gasteiger partial charge in [-0.1, -0.05) is 25.7 Å². The molecule has 0 aromatic rings. The molecule has 0 aliphatic heterocycles. The lowest BCUT2D eigenvalue weighted by Gasteiger charge is -2.37. The molecule has 18 heavy (non-hydrogen) atoms. The predicted octanol–water partition coefficient (Wildman–Crippen LogP) is 0.890. The van der Waals surface area contributed by atoms with E-state index in [2.05, 4.69) is 0 Å². The molecule has 1 saturated carbocycles. The van der Waals surface area contributed by atoms with Crippen LogP contribution in [0.25, 0.3) is 0 Å². The Balaban J connectivity index is 2.29. The van der Waals surface area contributed by atoms with E-state index in [0.29, 0.717) is 38.5 Å². The van der Waals surface area contributed by atoms with Crippen LogP contribution in [-0.4, -0.2) is 35.6 Å². The predicted molar refractivity (Wildman–Crippen MR) is 70.5 cm³/mol. The van der Waals surface area contributed by atoms with Crippen LogP contribution in [-0.2, 0) is 10.0 Å². The highest BCUT2D eigenvalue weighted by Crippen LogP contribution is 2.32. The third-order valence-electron chi connectivity index (χ3n) is 3.99. The Morgan fingerprint density at radius 2 is 2.06 bits per heavy atom. The van der Waals surface area contributed by atoms with Gasteiger partial charge in [0.1, 0.15) is 0 Å². The molecule has 1 aliphatic carbocycles. The molecule has 1 fully saturated rings. The van der Waals surface area contributed by atoms with Gasteiger partial charge in [0.25, 0.3) is 0 Å². The largest absolute Gasteiger partial charge is 0.390 e. The molecule has 108 valence electrons. The average Bonchev–Trinajstić information content (AvgIpc) is 2.27. The minimum Gasteiger partial charge on any atom is -0.390 e. The van der Waals surface area contributed by atoms with Crippen molar-refractivity contribution in [1.29, 1.82) is 0 Å². The fourth-order valence-electron chi connectivity index (χ4n) is 2.52. The summed E-state index contributed by atoms with van der Waals surface area (Å²) in [6.07, 6.45) is 5.02. The topological polar surface area (TPSA) is 101 Å². The highest BCUT2D eigenvalue weighted by atomic mass is 32.2. The van der Waals surface area contributed by atoms with Gasteiger partial charge in [-0.05, 0) is 32.6 Å². The Hall–Kier alpha value is -0.170. The molecular formula is C12H25NO4S. The second kappa shape index (κ2) is 6.32. The molecule has 0 amide bonds. The summed E-state index contributed by atoms with van der Waals surface area (Å²) in [4.78, 5) is 0. The zero-order chi connectivity index (χ0) is 13.8. The van der Waals surface area contributed by atoms with E-state index in [9.17, 15) is 18.6 Å². The number of aliphatic hydroxyl groups excluding tert-OH is 1.